The zero-order valence-corrected chi connectivity index (χ0v) is 25.1. The monoisotopic (exact) mass is 581 g/mol. The minimum atomic E-state index is 0.989. The van der Waals surface area contributed by atoms with Crippen molar-refractivity contribution in [1.29, 1.82) is 0 Å². The molecule has 0 saturated carbocycles. The highest BCUT2D eigenvalue weighted by Crippen LogP contribution is 2.49. The van der Waals surface area contributed by atoms with Crippen LogP contribution in [0, 0.1) is 0 Å². The van der Waals surface area contributed by atoms with E-state index in [1.807, 2.05) is 0 Å². The van der Waals surface area contributed by atoms with Crippen molar-refractivity contribution in [3.63, 3.8) is 0 Å². The van der Waals surface area contributed by atoms with Crippen molar-refractivity contribution in [1.82, 2.24) is 4.57 Å². The zero-order chi connectivity index (χ0) is 29.9. The van der Waals surface area contributed by atoms with Crippen LogP contribution in [0.4, 0.5) is 0 Å². The number of nitrogens with zero attached hydrogens (tertiary/aromatic N) is 1. The predicted octanol–water partition coefficient (Wildman–Crippen LogP) is 12.0. The maximum atomic E-state index is 2.50. The number of aromatic nitrogens is 1. The largest absolute Gasteiger partial charge is 0.309 e. The van der Waals surface area contributed by atoms with Crippen molar-refractivity contribution in [2.45, 2.75) is 6.42 Å². The summed E-state index contributed by atoms with van der Waals surface area (Å²) in [6.07, 6.45) is 0.989. The normalized spacial score (nSPS) is 12.7. The van der Waals surface area contributed by atoms with E-state index >= 15 is 0 Å². The summed E-state index contributed by atoms with van der Waals surface area (Å²) in [7, 11) is 0. The lowest BCUT2D eigenvalue weighted by Crippen LogP contribution is -1.95. The predicted molar refractivity (Wildman–Crippen MR) is 194 cm³/mol. The molecule has 2 aliphatic rings. The fourth-order valence-electron chi connectivity index (χ4n) is 8.57. The van der Waals surface area contributed by atoms with E-state index in [2.05, 4.69) is 156 Å². The molecule has 212 valence electrons. The van der Waals surface area contributed by atoms with E-state index in [0.717, 1.165) is 6.42 Å². The lowest BCUT2D eigenvalue weighted by atomic mass is 9.94. The Bertz CT molecular complexity index is 2750. The molecule has 0 aliphatic heterocycles. The molecule has 0 unspecified atom stereocenters. The number of rotatable bonds is 2. The SMILES string of the molecule is c1cc(-c2ccc3c4c(cccc24)-c2ccccc2-3)cc(-n2c3cc4c(cc3c3c5ccccc5ccc32)Cc2ccccc2-4)c1. The standard InChI is InChI=1S/C45H27N/c1-4-14-34-27(9-1)19-22-42-45(34)41-25-30-23-28-10-2-3-13-32(28)40(30)26-43(41)46(42)31-12-7-11-29(24-31)33-20-21-39-36-16-6-5-15-35(36)38-18-8-17-37(33)44(38)39/h1-22,24-26H,23H2. The Hall–Kier alpha value is -5.92. The van der Waals surface area contributed by atoms with Gasteiger partial charge in [-0.15, -0.1) is 0 Å². The first-order valence-electron chi connectivity index (χ1n) is 16.2. The molecule has 8 aromatic carbocycles. The number of hydrogen-bond acceptors (Lipinski definition) is 0. The Kier molecular flexibility index (Phi) is 4.69. The molecule has 0 spiro atoms. The second-order valence-corrected chi connectivity index (χ2v) is 12.9. The molecular weight excluding hydrogens is 555 g/mol. The number of benzene rings is 8. The van der Waals surface area contributed by atoms with E-state index in [-0.39, 0.29) is 0 Å². The average Bonchev–Trinajstić information content (AvgIpc) is 3.76. The fraction of sp³-hybridized carbons (Fsp3) is 0.0222. The second kappa shape index (κ2) is 8.84. The molecule has 1 aromatic heterocycles. The molecule has 0 atom stereocenters. The van der Waals surface area contributed by atoms with Gasteiger partial charge in [0, 0.05) is 16.5 Å². The lowest BCUT2D eigenvalue weighted by molar-refractivity contribution is 1.18. The molecule has 11 rings (SSSR count). The summed E-state index contributed by atoms with van der Waals surface area (Å²) >= 11 is 0. The Labute approximate surface area is 266 Å². The zero-order valence-electron chi connectivity index (χ0n) is 25.1. The van der Waals surface area contributed by atoms with Crippen LogP contribution in [0.5, 0.6) is 0 Å². The van der Waals surface area contributed by atoms with Crippen LogP contribution in [0.2, 0.25) is 0 Å². The summed E-state index contributed by atoms with van der Waals surface area (Å²) in [4.78, 5) is 0. The highest BCUT2D eigenvalue weighted by molar-refractivity contribution is 6.22. The van der Waals surface area contributed by atoms with Crippen LogP contribution in [0.25, 0.3) is 93.5 Å². The Balaban J connectivity index is 1.19. The minimum Gasteiger partial charge on any atom is -0.309 e. The van der Waals surface area contributed by atoms with E-state index in [4.69, 9.17) is 0 Å². The van der Waals surface area contributed by atoms with Crippen LogP contribution in [-0.2, 0) is 6.42 Å². The molecule has 0 radical (unpaired) electrons. The van der Waals surface area contributed by atoms with Crippen LogP contribution in [0.15, 0.2) is 152 Å². The molecule has 0 N–H and O–H groups in total. The number of fused-ring (bicyclic) bond motifs is 11. The van der Waals surface area contributed by atoms with Gasteiger partial charge in [-0.2, -0.15) is 0 Å². The molecular formula is C45H27N. The molecule has 0 bridgehead atoms. The summed E-state index contributed by atoms with van der Waals surface area (Å²) < 4.78 is 2.50. The summed E-state index contributed by atoms with van der Waals surface area (Å²) in [5, 5.41) is 7.92. The molecule has 2 aliphatic carbocycles. The van der Waals surface area contributed by atoms with Gasteiger partial charge in [-0.25, -0.2) is 0 Å². The van der Waals surface area contributed by atoms with Crippen molar-refractivity contribution in [2.24, 2.45) is 0 Å². The van der Waals surface area contributed by atoms with Gasteiger partial charge in [-0.3, -0.25) is 0 Å². The van der Waals surface area contributed by atoms with Gasteiger partial charge in [0.1, 0.15) is 0 Å². The first-order chi connectivity index (χ1) is 22.8. The summed E-state index contributed by atoms with van der Waals surface area (Å²) in [6, 6.07) is 56.6. The second-order valence-electron chi connectivity index (χ2n) is 12.9. The summed E-state index contributed by atoms with van der Waals surface area (Å²) in [6.45, 7) is 0. The summed E-state index contributed by atoms with van der Waals surface area (Å²) in [5.74, 6) is 0. The lowest BCUT2D eigenvalue weighted by Gasteiger charge is -2.13. The van der Waals surface area contributed by atoms with E-state index in [1.54, 1.807) is 0 Å². The van der Waals surface area contributed by atoms with E-state index in [1.165, 1.54) is 105 Å². The van der Waals surface area contributed by atoms with E-state index < -0.39 is 0 Å². The molecule has 9 aromatic rings. The third-order valence-electron chi connectivity index (χ3n) is 10.5. The van der Waals surface area contributed by atoms with Gasteiger partial charge in [0.15, 0.2) is 0 Å². The van der Waals surface area contributed by atoms with E-state index in [9.17, 15) is 0 Å². The highest BCUT2D eigenvalue weighted by Gasteiger charge is 2.24. The van der Waals surface area contributed by atoms with Crippen molar-refractivity contribution < 1.29 is 0 Å². The molecule has 0 fully saturated rings. The topological polar surface area (TPSA) is 4.93 Å². The van der Waals surface area contributed by atoms with Crippen molar-refractivity contribution in [3.8, 4) is 50.2 Å². The highest BCUT2D eigenvalue weighted by atomic mass is 15.0. The third kappa shape index (κ3) is 3.14. The average molecular weight is 582 g/mol. The van der Waals surface area contributed by atoms with Gasteiger partial charge in [0.25, 0.3) is 0 Å². The van der Waals surface area contributed by atoms with Gasteiger partial charge in [-0.1, -0.05) is 121 Å². The first kappa shape index (κ1) is 24.4. The fourth-order valence-corrected chi connectivity index (χ4v) is 8.57. The van der Waals surface area contributed by atoms with E-state index in [0.29, 0.717) is 0 Å². The molecule has 0 amide bonds. The molecule has 1 heteroatoms. The maximum Gasteiger partial charge on any atom is 0.0547 e. The summed E-state index contributed by atoms with van der Waals surface area (Å²) in [5.41, 5.74) is 17.1. The first-order valence-corrected chi connectivity index (χ1v) is 16.2. The van der Waals surface area contributed by atoms with Gasteiger partial charge in [0.2, 0.25) is 0 Å². The van der Waals surface area contributed by atoms with Crippen molar-refractivity contribution in [3.05, 3.63) is 163 Å². The van der Waals surface area contributed by atoms with Crippen LogP contribution in [-0.4, -0.2) is 4.57 Å². The quantitative estimate of drug-likeness (QED) is 0.191. The van der Waals surface area contributed by atoms with Gasteiger partial charge >= 0.3 is 0 Å². The smallest absolute Gasteiger partial charge is 0.0547 e. The Morgan fingerprint density at radius 3 is 2.00 bits per heavy atom. The maximum absolute atomic E-state index is 2.50. The number of hydrogen-bond donors (Lipinski definition) is 0. The molecule has 1 heterocycles. The molecule has 0 saturated heterocycles. The van der Waals surface area contributed by atoms with Crippen LogP contribution >= 0.6 is 0 Å². The van der Waals surface area contributed by atoms with Crippen molar-refractivity contribution >= 4 is 43.4 Å². The Morgan fingerprint density at radius 1 is 0.370 bits per heavy atom. The van der Waals surface area contributed by atoms with Gasteiger partial charge in [-0.05, 0) is 114 Å². The van der Waals surface area contributed by atoms with Crippen LogP contribution < -0.4 is 0 Å². The molecule has 1 nitrogen and oxygen atoms in total. The molecule has 46 heavy (non-hydrogen) atoms. The van der Waals surface area contributed by atoms with Crippen LogP contribution in [0.3, 0.4) is 0 Å². The van der Waals surface area contributed by atoms with Crippen LogP contribution in [0.1, 0.15) is 11.1 Å². The third-order valence-corrected chi connectivity index (χ3v) is 10.5. The van der Waals surface area contributed by atoms with Gasteiger partial charge < -0.3 is 4.57 Å². The van der Waals surface area contributed by atoms with Crippen molar-refractivity contribution in [2.75, 3.05) is 0 Å². The Morgan fingerprint density at radius 2 is 1.09 bits per heavy atom. The minimum absolute atomic E-state index is 0.989. The van der Waals surface area contributed by atoms with Gasteiger partial charge in [0.05, 0.1) is 11.0 Å².